The zero-order valence-electron chi connectivity index (χ0n) is 11.9. The molecular formula is C14H18N2O3. The number of carbonyl (C=O) groups is 1. The van der Waals surface area contributed by atoms with Crippen LogP contribution in [-0.2, 0) is 4.74 Å². The van der Waals surface area contributed by atoms with Crippen LogP contribution in [0.4, 0.5) is 4.79 Å². The molecule has 0 aliphatic carbocycles. The smallest absolute Gasteiger partial charge is 0.420 e. The Bertz CT molecular complexity index is 589. The topological polar surface area (TPSA) is 57.3 Å². The molecule has 0 saturated heterocycles. The number of aryl methyl sites for hydroxylation is 2. The van der Waals surface area contributed by atoms with E-state index < -0.39 is 11.7 Å². The first kappa shape index (κ1) is 13.4. The van der Waals surface area contributed by atoms with E-state index in [2.05, 4.69) is 4.98 Å². The summed E-state index contributed by atoms with van der Waals surface area (Å²) in [4.78, 5) is 16.6. The Morgan fingerprint density at radius 2 is 2.05 bits per heavy atom. The molecule has 19 heavy (non-hydrogen) atoms. The summed E-state index contributed by atoms with van der Waals surface area (Å²) >= 11 is 0. The van der Waals surface area contributed by atoms with Gasteiger partial charge in [-0.05, 0) is 46.8 Å². The van der Waals surface area contributed by atoms with Crippen LogP contribution in [0.25, 0.3) is 11.5 Å². The van der Waals surface area contributed by atoms with Gasteiger partial charge in [-0.3, -0.25) is 0 Å². The number of hydrogen-bond acceptors (Lipinski definition) is 4. The molecule has 2 rings (SSSR count). The molecule has 0 atom stereocenters. The molecule has 2 aromatic heterocycles. The first-order valence-corrected chi connectivity index (χ1v) is 6.13. The Balaban J connectivity index is 2.49. The Morgan fingerprint density at radius 3 is 2.58 bits per heavy atom. The van der Waals surface area contributed by atoms with Gasteiger partial charge in [0.25, 0.3) is 0 Å². The standard InChI is InChI=1S/C14H18N2O3/c1-9-12(11-7-6-8-18-11)16(10(2)15-9)13(17)19-14(3,4)5/h6-8H,1-5H3. The lowest BCUT2D eigenvalue weighted by atomic mass is 10.2. The summed E-state index contributed by atoms with van der Waals surface area (Å²) in [6.07, 6.45) is 1.12. The molecular weight excluding hydrogens is 244 g/mol. The third-order valence-corrected chi connectivity index (χ3v) is 2.55. The number of rotatable bonds is 1. The molecule has 0 unspecified atom stereocenters. The summed E-state index contributed by atoms with van der Waals surface area (Å²) in [5.74, 6) is 1.18. The van der Waals surface area contributed by atoms with Crippen LogP contribution in [0.3, 0.4) is 0 Å². The van der Waals surface area contributed by atoms with Crippen molar-refractivity contribution in [2.75, 3.05) is 0 Å². The molecule has 0 aliphatic heterocycles. The van der Waals surface area contributed by atoms with Crippen molar-refractivity contribution in [2.24, 2.45) is 0 Å². The van der Waals surface area contributed by atoms with E-state index in [4.69, 9.17) is 9.15 Å². The SMILES string of the molecule is Cc1nc(C)n(C(=O)OC(C)(C)C)c1-c1ccco1. The van der Waals surface area contributed by atoms with E-state index in [1.165, 1.54) is 4.57 Å². The fourth-order valence-electron chi connectivity index (χ4n) is 1.90. The van der Waals surface area contributed by atoms with Crippen LogP contribution in [0.15, 0.2) is 22.8 Å². The number of ether oxygens (including phenoxy) is 1. The molecule has 0 aromatic carbocycles. The number of aromatic nitrogens is 2. The number of hydrogen-bond donors (Lipinski definition) is 0. The molecule has 0 bridgehead atoms. The van der Waals surface area contributed by atoms with Crippen LogP contribution < -0.4 is 0 Å². The van der Waals surface area contributed by atoms with Gasteiger partial charge in [0.2, 0.25) is 0 Å². The molecule has 0 N–H and O–H groups in total. The Morgan fingerprint density at radius 1 is 1.37 bits per heavy atom. The van der Waals surface area contributed by atoms with Gasteiger partial charge in [0.05, 0.1) is 12.0 Å². The third-order valence-electron chi connectivity index (χ3n) is 2.55. The van der Waals surface area contributed by atoms with Gasteiger partial charge in [-0.2, -0.15) is 0 Å². The van der Waals surface area contributed by atoms with Crippen molar-refractivity contribution >= 4 is 6.09 Å². The summed E-state index contributed by atoms with van der Waals surface area (Å²) in [5.41, 5.74) is 0.817. The molecule has 2 aromatic rings. The summed E-state index contributed by atoms with van der Waals surface area (Å²) in [7, 11) is 0. The fourth-order valence-corrected chi connectivity index (χ4v) is 1.90. The minimum Gasteiger partial charge on any atom is -0.463 e. The van der Waals surface area contributed by atoms with E-state index in [1.54, 1.807) is 25.3 Å². The van der Waals surface area contributed by atoms with Gasteiger partial charge in [-0.15, -0.1) is 0 Å². The molecule has 0 fully saturated rings. The number of imidazole rings is 1. The Hall–Kier alpha value is -2.04. The van der Waals surface area contributed by atoms with Gasteiger partial charge in [-0.25, -0.2) is 14.3 Å². The first-order valence-electron chi connectivity index (χ1n) is 6.13. The molecule has 5 heteroatoms. The molecule has 0 spiro atoms. The van der Waals surface area contributed by atoms with Crippen LogP contribution in [-0.4, -0.2) is 21.2 Å². The maximum Gasteiger partial charge on any atom is 0.420 e. The van der Waals surface area contributed by atoms with Gasteiger partial charge < -0.3 is 9.15 Å². The van der Waals surface area contributed by atoms with E-state index in [0.717, 1.165) is 5.69 Å². The maximum absolute atomic E-state index is 12.3. The van der Waals surface area contributed by atoms with Crippen LogP contribution in [0.5, 0.6) is 0 Å². The Labute approximate surface area is 112 Å². The molecule has 5 nitrogen and oxygen atoms in total. The van der Waals surface area contributed by atoms with Crippen molar-refractivity contribution in [1.82, 2.24) is 9.55 Å². The highest BCUT2D eigenvalue weighted by Crippen LogP contribution is 2.26. The van der Waals surface area contributed by atoms with Gasteiger partial charge in [-0.1, -0.05) is 0 Å². The van der Waals surface area contributed by atoms with E-state index >= 15 is 0 Å². The van der Waals surface area contributed by atoms with Gasteiger partial charge >= 0.3 is 6.09 Å². The number of carbonyl (C=O) groups excluding carboxylic acids is 1. The van der Waals surface area contributed by atoms with E-state index in [-0.39, 0.29) is 0 Å². The van der Waals surface area contributed by atoms with E-state index in [0.29, 0.717) is 17.3 Å². The minimum atomic E-state index is -0.553. The lowest BCUT2D eigenvalue weighted by Crippen LogP contribution is -2.28. The molecule has 0 aliphatic rings. The first-order chi connectivity index (χ1) is 8.79. The Kier molecular flexibility index (Phi) is 3.22. The summed E-state index contributed by atoms with van der Waals surface area (Å²) in [6, 6.07) is 3.57. The second kappa shape index (κ2) is 4.57. The summed E-state index contributed by atoms with van der Waals surface area (Å²) in [6.45, 7) is 9.10. The van der Waals surface area contributed by atoms with Gasteiger partial charge in [0.1, 0.15) is 17.1 Å². The third kappa shape index (κ3) is 2.70. The van der Waals surface area contributed by atoms with Crippen LogP contribution >= 0.6 is 0 Å². The van der Waals surface area contributed by atoms with Crippen molar-refractivity contribution in [3.8, 4) is 11.5 Å². The van der Waals surface area contributed by atoms with Gasteiger partial charge in [0, 0.05) is 0 Å². The summed E-state index contributed by atoms with van der Waals surface area (Å²) in [5, 5.41) is 0. The quantitative estimate of drug-likeness (QED) is 0.788. The lowest BCUT2D eigenvalue weighted by Gasteiger charge is -2.20. The molecule has 102 valence electrons. The summed E-state index contributed by atoms with van der Waals surface area (Å²) < 4.78 is 12.2. The molecule has 2 heterocycles. The van der Waals surface area contributed by atoms with Gasteiger partial charge in [0.15, 0.2) is 5.76 Å². The van der Waals surface area contributed by atoms with Crippen molar-refractivity contribution in [3.05, 3.63) is 29.9 Å². The predicted molar refractivity (Wildman–Crippen MR) is 71.0 cm³/mol. The average Bonchev–Trinajstić information content (AvgIpc) is 2.82. The zero-order chi connectivity index (χ0) is 14.2. The monoisotopic (exact) mass is 262 g/mol. The maximum atomic E-state index is 12.3. The van der Waals surface area contributed by atoms with Crippen LogP contribution in [0.1, 0.15) is 32.3 Å². The average molecular weight is 262 g/mol. The second-order valence-corrected chi connectivity index (χ2v) is 5.39. The van der Waals surface area contributed by atoms with E-state index in [1.807, 2.05) is 27.7 Å². The number of nitrogens with zero attached hydrogens (tertiary/aromatic N) is 2. The van der Waals surface area contributed by atoms with Crippen molar-refractivity contribution in [1.29, 1.82) is 0 Å². The van der Waals surface area contributed by atoms with Crippen LogP contribution in [0.2, 0.25) is 0 Å². The van der Waals surface area contributed by atoms with Crippen molar-refractivity contribution < 1.29 is 13.9 Å². The highest BCUT2D eigenvalue weighted by atomic mass is 16.6. The van der Waals surface area contributed by atoms with Crippen LogP contribution in [0, 0.1) is 13.8 Å². The van der Waals surface area contributed by atoms with E-state index in [9.17, 15) is 4.79 Å². The normalized spacial score (nSPS) is 11.6. The largest absolute Gasteiger partial charge is 0.463 e. The lowest BCUT2D eigenvalue weighted by molar-refractivity contribution is 0.0535. The predicted octanol–water partition coefficient (Wildman–Crippen LogP) is 3.54. The molecule has 0 saturated carbocycles. The number of furan rings is 1. The second-order valence-electron chi connectivity index (χ2n) is 5.39. The van der Waals surface area contributed by atoms with Crippen molar-refractivity contribution in [3.63, 3.8) is 0 Å². The zero-order valence-corrected chi connectivity index (χ0v) is 11.9. The minimum absolute atomic E-state index is 0.447. The highest BCUT2D eigenvalue weighted by Gasteiger charge is 2.25. The fraction of sp³-hybridized carbons (Fsp3) is 0.429. The van der Waals surface area contributed by atoms with Crippen molar-refractivity contribution in [2.45, 2.75) is 40.2 Å². The molecule has 0 amide bonds. The molecule has 0 radical (unpaired) electrons. The highest BCUT2D eigenvalue weighted by molar-refractivity contribution is 5.78.